The molecule has 1 aliphatic heterocycles. The zero-order chi connectivity index (χ0) is 17.1. The van der Waals surface area contributed by atoms with Gasteiger partial charge in [0.15, 0.2) is 5.38 Å². The van der Waals surface area contributed by atoms with Crippen molar-refractivity contribution in [2.24, 2.45) is 0 Å². The summed E-state index contributed by atoms with van der Waals surface area (Å²) in [4.78, 5) is 24.1. The van der Waals surface area contributed by atoms with E-state index in [2.05, 4.69) is 5.32 Å². The Balaban J connectivity index is 1.86. The molecule has 1 heterocycles. The molecule has 122 valence electrons. The second-order valence-electron chi connectivity index (χ2n) is 5.18. The number of nitrogens with one attached hydrogen (secondary N) is 1. The number of halogens is 1. The van der Waals surface area contributed by atoms with Gasteiger partial charge in [-0.2, -0.15) is 0 Å². The highest BCUT2D eigenvalue weighted by Gasteiger charge is 2.37. The van der Waals surface area contributed by atoms with Crippen LogP contribution in [0.4, 0.5) is 5.69 Å². The summed E-state index contributed by atoms with van der Waals surface area (Å²) in [6, 6.07) is 16.1. The second-order valence-corrected chi connectivity index (χ2v) is 5.62. The molecule has 2 aromatic carbocycles. The molecule has 1 N–H and O–H groups in total. The van der Waals surface area contributed by atoms with Gasteiger partial charge in [0.25, 0.3) is 0 Å². The van der Waals surface area contributed by atoms with Crippen molar-refractivity contribution in [3.63, 3.8) is 0 Å². The molecular weight excluding hydrogens is 330 g/mol. The first kappa shape index (κ1) is 16.1. The number of hydrogen-bond donors (Lipinski definition) is 1. The molecule has 0 saturated heterocycles. The molecule has 0 fully saturated rings. The Labute approximate surface area is 143 Å². The van der Waals surface area contributed by atoms with Crippen LogP contribution in [0.1, 0.15) is 15.9 Å². The lowest BCUT2D eigenvalue weighted by Crippen LogP contribution is -2.15. The topological polar surface area (TPSA) is 64.6 Å². The van der Waals surface area contributed by atoms with Crippen molar-refractivity contribution in [1.82, 2.24) is 0 Å². The van der Waals surface area contributed by atoms with Crippen molar-refractivity contribution in [3.8, 4) is 0 Å². The van der Waals surface area contributed by atoms with Gasteiger partial charge in [-0.15, -0.1) is 11.6 Å². The Morgan fingerprint density at radius 1 is 1.12 bits per heavy atom. The highest BCUT2D eigenvalue weighted by Crippen LogP contribution is 2.28. The SMILES string of the molecule is Cc1ccccc1C(=O)OC1=C(Nc2ccccc2)C(Cl)C(=O)O1. The number of carbonyl (C=O) groups is 2. The number of aryl methyl sites for hydroxylation is 1. The smallest absolute Gasteiger partial charge is 0.346 e. The van der Waals surface area contributed by atoms with E-state index in [0.717, 1.165) is 5.56 Å². The van der Waals surface area contributed by atoms with Crippen molar-refractivity contribution in [1.29, 1.82) is 0 Å². The monoisotopic (exact) mass is 343 g/mol. The van der Waals surface area contributed by atoms with Crippen molar-refractivity contribution < 1.29 is 19.1 Å². The number of rotatable bonds is 4. The van der Waals surface area contributed by atoms with Gasteiger partial charge in [0.05, 0.1) is 5.56 Å². The van der Waals surface area contributed by atoms with Crippen LogP contribution in [0.2, 0.25) is 0 Å². The fourth-order valence-corrected chi connectivity index (χ4v) is 2.42. The number of hydrogen-bond acceptors (Lipinski definition) is 5. The van der Waals surface area contributed by atoms with E-state index in [9.17, 15) is 9.59 Å². The molecule has 0 saturated carbocycles. The molecule has 0 aliphatic carbocycles. The van der Waals surface area contributed by atoms with Gasteiger partial charge in [-0.3, -0.25) is 0 Å². The van der Waals surface area contributed by atoms with Crippen LogP contribution in [0.25, 0.3) is 0 Å². The van der Waals surface area contributed by atoms with Crippen LogP contribution in [-0.2, 0) is 14.3 Å². The predicted molar refractivity (Wildman–Crippen MR) is 89.4 cm³/mol. The van der Waals surface area contributed by atoms with E-state index in [1.54, 1.807) is 37.3 Å². The maximum atomic E-state index is 12.3. The first-order valence-electron chi connectivity index (χ1n) is 7.26. The molecular formula is C18H14ClNO4. The van der Waals surface area contributed by atoms with Crippen LogP contribution in [0.3, 0.4) is 0 Å². The Hall–Kier alpha value is -2.79. The minimum Gasteiger partial charge on any atom is -0.390 e. The minimum absolute atomic E-state index is 0.204. The van der Waals surface area contributed by atoms with E-state index < -0.39 is 17.3 Å². The number of ether oxygens (including phenoxy) is 2. The van der Waals surface area contributed by atoms with Gasteiger partial charge < -0.3 is 14.8 Å². The van der Waals surface area contributed by atoms with E-state index >= 15 is 0 Å². The second kappa shape index (κ2) is 6.76. The summed E-state index contributed by atoms with van der Waals surface area (Å²) < 4.78 is 10.2. The molecule has 2 aromatic rings. The molecule has 6 heteroatoms. The number of para-hydroxylation sites is 1. The number of carbonyl (C=O) groups excluding carboxylic acids is 2. The third-order valence-corrected chi connectivity index (χ3v) is 3.87. The van der Waals surface area contributed by atoms with Gasteiger partial charge in [-0.25, -0.2) is 9.59 Å². The quantitative estimate of drug-likeness (QED) is 0.678. The standard InChI is InChI=1S/C18H14ClNO4/c1-11-7-5-6-10-13(11)16(21)23-18-15(14(19)17(22)24-18)20-12-8-3-2-4-9-12/h2-10,14,20H,1H3. The first-order chi connectivity index (χ1) is 11.6. The molecule has 1 aliphatic rings. The largest absolute Gasteiger partial charge is 0.390 e. The van der Waals surface area contributed by atoms with Crippen LogP contribution in [-0.4, -0.2) is 17.3 Å². The maximum Gasteiger partial charge on any atom is 0.346 e. The summed E-state index contributed by atoms with van der Waals surface area (Å²) in [5.74, 6) is -1.53. The van der Waals surface area contributed by atoms with E-state index in [1.807, 2.05) is 24.3 Å². The number of esters is 2. The van der Waals surface area contributed by atoms with Crippen LogP contribution in [0, 0.1) is 6.92 Å². The van der Waals surface area contributed by atoms with Gasteiger partial charge in [0, 0.05) is 5.69 Å². The van der Waals surface area contributed by atoms with Crippen molar-refractivity contribution in [2.45, 2.75) is 12.3 Å². The van der Waals surface area contributed by atoms with Gasteiger partial charge in [0.1, 0.15) is 5.70 Å². The highest BCUT2D eigenvalue weighted by molar-refractivity contribution is 6.33. The molecule has 1 unspecified atom stereocenters. The highest BCUT2D eigenvalue weighted by atomic mass is 35.5. The molecule has 0 spiro atoms. The summed E-state index contributed by atoms with van der Waals surface area (Å²) in [6.45, 7) is 1.79. The zero-order valence-corrected chi connectivity index (χ0v) is 13.5. The van der Waals surface area contributed by atoms with E-state index in [4.69, 9.17) is 21.1 Å². The molecule has 0 radical (unpaired) electrons. The van der Waals surface area contributed by atoms with Gasteiger partial charge in [0.2, 0.25) is 0 Å². The van der Waals surface area contributed by atoms with Crippen molar-refractivity contribution in [2.75, 3.05) is 5.32 Å². The summed E-state index contributed by atoms with van der Waals surface area (Å²) in [6.07, 6.45) is 0. The third kappa shape index (κ3) is 3.26. The lowest BCUT2D eigenvalue weighted by atomic mass is 10.1. The van der Waals surface area contributed by atoms with Gasteiger partial charge in [-0.1, -0.05) is 36.4 Å². The van der Waals surface area contributed by atoms with Crippen molar-refractivity contribution in [3.05, 3.63) is 77.4 Å². The Morgan fingerprint density at radius 2 is 1.79 bits per heavy atom. The van der Waals surface area contributed by atoms with Crippen LogP contribution >= 0.6 is 11.6 Å². The van der Waals surface area contributed by atoms with E-state index in [-0.39, 0.29) is 11.6 Å². The van der Waals surface area contributed by atoms with Crippen molar-refractivity contribution >= 4 is 29.2 Å². The Morgan fingerprint density at radius 3 is 2.50 bits per heavy atom. The zero-order valence-electron chi connectivity index (χ0n) is 12.8. The Kier molecular flexibility index (Phi) is 4.53. The molecule has 3 rings (SSSR count). The summed E-state index contributed by atoms with van der Waals surface area (Å²) in [5.41, 5.74) is 2.04. The molecule has 1 atom stereocenters. The molecule has 24 heavy (non-hydrogen) atoms. The van der Waals surface area contributed by atoms with E-state index in [1.165, 1.54) is 0 Å². The molecule has 0 aromatic heterocycles. The minimum atomic E-state index is -1.06. The molecule has 5 nitrogen and oxygen atoms in total. The summed E-state index contributed by atoms with van der Waals surface area (Å²) in [5, 5.41) is 1.90. The third-order valence-electron chi connectivity index (χ3n) is 3.48. The fourth-order valence-electron chi connectivity index (χ4n) is 2.23. The summed E-state index contributed by atoms with van der Waals surface area (Å²) in [7, 11) is 0. The number of alkyl halides is 1. The Bertz CT molecular complexity index is 817. The molecule has 0 bridgehead atoms. The number of anilines is 1. The number of benzene rings is 2. The lowest BCUT2D eigenvalue weighted by molar-refractivity contribution is -0.139. The fraction of sp³-hybridized carbons (Fsp3) is 0.111. The van der Waals surface area contributed by atoms with E-state index in [0.29, 0.717) is 11.3 Å². The summed E-state index contributed by atoms with van der Waals surface area (Å²) >= 11 is 6.05. The van der Waals surface area contributed by atoms with Crippen LogP contribution in [0.15, 0.2) is 66.2 Å². The average Bonchev–Trinajstić information content (AvgIpc) is 2.84. The maximum absolute atomic E-state index is 12.3. The van der Waals surface area contributed by atoms with Gasteiger partial charge >= 0.3 is 17.9 Å². The first-order valence-corrected chi connectivity index (χ1v) is 7.69. The lowest BCUT2D eigenvalue weighted by Gasteiger charge is -2.10. The molecule has 0 amide bonds. The average molecular weight is 344 g/mol. The van der Waals surface area contributed by atoms with Crippen LogP contribution < -0.4 is 5.32 Å². The van der Waals surface area contributed by atoms with Gasteiger partial charge in [-0.05, 0) is 30.7 Å². The van der Waals surface area contributed by atoms with Crippen LogP contribution in [0.5, 0.6) is 0 Å². The number of cyclic esters (lactones) is 1. The normalized spacial score (nSPS) is 16.8. The predicted octanol–water partition coefficient (Wildman–Crippen LogP) is 3.60.